The van der Waals surface area contributed by atoms with Crippen molar-refractivity contribution in [2.75, 3.05) is 7.11 Å². The van der Waals surface area contributed by atoms with Crippen molar-refractivity contribution in [3.05, 3.63) is 40.9 Å². The Labute approximate surface area is 135 Å². The lowest BCUT2D eigenvalue weighted by molar-refractivity contribution is 0.0600. The van der Waals surface area contributed by atoms with Crippen LogP contribution >= 0.6 is 0 Å². The van der Waals surface area contributed by atoms with Crippen molar-refractivity contribution >= 4 is 5.97 Å². The van der Waals surface area contributed by atoms with E-state index in [1.54, 1.807) is 12.1 Å². The molecule has 0 aliphatic rings. The average Bonchev–Trinajstić information content (AvgIpc) is 2.93. The van der Waals surface area contributed by atoms with Crippen LogP contribution in [0.15, 0.2) is 22.9 Å². The highest BCUT2D eigenvalue weighted by Crippen LogP contribution is 2.19. The highest BCUT2D eigenvalue weighted by molar-refractivity contribution is 5.88. The Morgan fingerprint density at radius 1 is 1.30 bits per heavy atom. The molecule has 0 aliphatic carbocycles. The van der Waals surface area contributed by atoms with E-state index < -0.39 is 5.97 Å². The monoisotopic (exact) mass is 318 g/mol. The summed E-state index contributed by atoms with van der Waals surface area (Å²) in [4.78, 5) is 15.5. The number of carbonyl (C=O) groups excluding carboxylic acids is 1. The molecular formula is C17H22N2O4. The molecule has 0 atom stereocenters. The zero-order chi connectivity index (χ0) is 16.7. The predicted molar refractivity (Wildman–Crippen MR) is 84.4 cm³/mol. The standard InChI is InChI=1S/C17H22N2O4/c1-4-5-6-7-15-14(12(2)23-19-15)11-22-16-9-8-13(10-18-16)17(20)21-3/h8-10H,4-7,11H2,1-3H3. The minimum atomic E-state index is -0.419. The first kappa shape index (κ1) is 17.0. The number of unbranched alkanes of at least 4 members (excludes halogenated alkanes) is 2. The summed E-state index contributed by atoms with van der Waals surface area (Å²) in [6.45, 7) is 4.39. The van der Waals surface area contributed by atoms with Gasteiger partial charge in [0, 0.05) is 12.3 Å². The van der Waals surface area contributed by atoms with Crippen molar-refractivity contribution in [2.45, 2.75) is 46.1 Å². The summed E-state index contributed by atoms with van der Waals surface area (Å²) in [5.74, 6) is 0.789. The molecule has 0 saturated heterocycles. The summed E-state index contributed by atoms with van der Waals surface area (Å²) >= 11 is 0. The first-order valence-electron chi connectivity index (χ1n) is 7.76. The van der Waals surface area contributed by atoms with Gasteiger partial charge < -0.3 is 14.0 Å². The number of hydrogen-bond acceptors (Lipinski definition) is 6. The van der Waals surface area contributed by atoms with Crippen molar-refractivity contribution in [1.82, 2.24) is 10.1 Å². The van der Waals surface area contributed by atoms with Crippen LogP contribution in [-0.4, -0.2) is 23.2 Å². The molecule has 2 aromatic rings. The fourth-order valence-electron chi connectivity index (χ4n) is 2.21. The number of ether oxygens (including phenoxy) is 2. The van der Waals surface area contributed by atoms with Crippen LogP contribution in [0.5, 0.6) is 5.88 Å². The molecule has 2 aromatic heterocycles. The van der Waals surface area contributed by atoms with Crippen molar-refractivity contribution in [3.63, 3.8) is 0 Å². The van der Waals surface area contributed by atoms with Gasteiger partial charge in [-0.25, -0.2) is 9.78 Å². The second-order valence-electron chi connectivity index (χ2n) is 5.29. The maximum absolute atomic E-state index is 11.4. The van der Waals surface area contributed by atoms with Crippen LogP contribution in [0.3, 0.4) is 0 Å². The van der Waals surface area contributed by atoms with E-state index >= 15 is 0 Å². The highest BCUT2D eigenvalue weighted by Gasteiger charge is 2.14. The third-order valence-corrected chi connectivity index (χ3v) is 3.61. The second-order valence-corrected chi connectivity index (χ2v) is 5.29. The molecule has 0 aliphatic heterocycles. The summed E-state index contributed by atoms with van der Waals surface area (Å²) in [5, 5.41) is 4.11. The molecule has 23 heavy (non-hydrogen) atoms. The Bertz CT molecular complexity index is 635. The number of carbonyl (C=O) groups is 1. The van der Waals surface area contributed by atoms with Crippen LogP contribution in [0.25, 0.3) is 0 Å². The Morgan fingerprint density at radius 3 is 2.78 bits per heavy atom. The smallest absolute Gasteiger partial charge is 0.339 e. The van der Waals surface area contributed by atoms with Gasteiger partial charge in [-0.3, -0.25) is 0 Å². The Hall–Kier alpha value is -2.37. The molecule has 2 heterocycles. The van der Waals surface area contributed by atoms with E-state index in [9.17, 15) is 4.79 Å². The van der Waals surface area contributed by atoms with Gasteiger partial charge in [0.05, 0.1) is 23.9 Å². The van der Waals surface area contributed by atoms with Gasteiger partial charge in [0.15, 0.2) is 0 Å². The van der Waals surface area contributed by atoms with E-state index in [-0.39, 0.29) is 0 Å². The zero-order valence-corrected chi connectivity index (χ0v) is 13.8. The molecule has 0 spiro atoms. The van der Waals surface area contributed by atoms with E-state index in [1.807, 2.05) is 6.92 Å². The number of aromatic nitrogens is 2. The SMILES string of the molecule is CCCCCc1noc(C)c1COc1ccc(C(=O)OC)cn1. The third kappa shape index (κ3) is 4.55. The number of pyridine rings is 1. The number of aryl methyl sites for hydroxylation is 2. The lowest BCUT2D eigenvalue weighted by Crippen LogP contribution is -2.04. The first-order valence-corrected chi connectivity index (χ1v) is 7.76. The molecule has 124 valence electrons. The van der Waals surface area contributed by atoms with E-state index in [2.05, 4.69) is 21.8 Å². The number of methoxy groups -OCH3 is 1. The van der Waals surface area contributed by atoms with Gasteiger partial charge in [-0.1, -0.05) is 24.9 Å². The van der Waals surface area contributed by atoms with Gasteiger partial charge in [-0.05, 0) is 25.8 Å². The van der Waals surface area contributed by atoms with Crippen LogP contribution in [0, 0.1) is 6.92 Å². The van der Waals surface area contributed by atoms with E-state index in [4.69, 9.17) is 9.26 Å². The molecular weight excluding hydrogens is 296 g/mol. The average molecular weight is 318 g/mol. The molecule has 0 unspecified atom stereocenters. The molecule has 0 radical (unpaired) electrons. The summed E-state index contributed by atoms with van der Waals surface area (Å²) in [5.41, 5.74) is 2.31. The quantitative estimate of drug-likeness (QED) is 0.548. The third-order valence-electron chi connectivity index (χ3n) is 3.61. The van der Waals surface area contributed by atoms with Gasteiger partial charge in [0.25, 0.3) is 0 Å². The van der Waals surface area contributed by atoms with Gasteiger partial charge in [0.1, 0.15) is 12.4 Å². The van der Waals surface area contributed by atoms with Crippen LogP contribution in [0.1, 0.15) is 53.6 Å². The Morgan fingerprint density at radius 2 is 2.13 bits per heavy atom. The van der Waals surface area contributed by atoms with E-state index in [1.165, 1.54) is 26.1 Å². The first-order chi connectivity index (χ1) is 11.2. The van der Waals surface area contributed by atoms with Gasteiger partial charge in [-0.15, -0.1) is 0 Å². The normalized spacial score (nSPS) is 10.6. The molecule has 0 aromatic carbocycles. The van der Waals surface area contributed by atoms with Crippen molar-refractivity contribution in [2.24, 2.45) is 0 Å². The number of esters is 1. The molecule has 0 fully saturated rings. The zero-order valence-electron chi connectivity index (χ0n) is 13.8. The van der Waals surface area contributed by atoms with Crippen LogP contribution in [0.2, 0.25) is 0 Å². The minimum Gasteiger partial charge on any atom is -0.473 e. The highest BCUT2D eigenvalue weighted by atomic mass is 16.5. The Kier molecular flexibility index (Phi) is 6.14. The van der Waals surface area contributed by atoms with E-state index in [0.717, 1.165) is 29.9 Å². The second kappa shape index (κ2) is 8.31. The summed E-state index contributed by atoms with van der Waals surface area (Å²) in [6.07, 6.45) is 5.74. The molecule has 0 saturated carbocycles. The van der Waals surface area contributed by atoms with Crippen LogP contribution < -0.4 is 4.74 Å². The molecule has 0 N–H and O–H groups in total. The van der Waals surface area contributed by atoms with Gasteiger partial charge >= 0.3 is 5.97 Å². The maximum Gasteiger partial charge on any atom is 0.339 e. The lowest BCUT2D eigenvalue weighted by atomic mass is 10.1. The van der Waals surface area contributed by atoms with E-state index in [0.29, 0.717) is 18.1 Å². The lowest BCUT2D eigenvalue weighted by Gasteiger charge is -2.06. The van der Waals surface area contributed by atoms with Crippen LogP contribution in [0.4, 0.5) is 0 Å². The number of hydrogen-bond donors (Lipinski definition) is 0. The van der Waals surface area contributed by atoms with Crippen molar-refractivity contribution < 1.29 is 18.8 Å². The molecule has 6 heteroatoms. The van der Waals surface area contributed by atoms with Gasteiger partial charge in [-0.2, -0.15) is 0 Å². The van der Waals surface area contributed by atoms with Crippen molar-refractivity contribution in [1.29, 1.82) is 0 Å². The maximum atomic E-state index is 11.4. The molecule has 6 nitrogen and oxygen atoms in total. The molecule has 2 rings (SSSR count). The topological polar surface area (TPSA) is 74.5 Å². The Balaban J connectivity index is 1.97. The molecule has 0 amide bonds. The van der Waals surface area contributed by atoms with Gasteiger partial charge in [0.2, 0.25) is 5.88 Å². The summed E-state index contributed by atoms with van der Waals surface area (Å²) in [6, 6.07) is 3.27. The number of nitrogens with zero attached hydrogens (tertiary/aromatic N) is 2. The summed E-state index contributed by atoms with van der Waals surface area (Å²) < 4.78 is 15.6. The number of rotatable bonds is 8. The fourth-order valence-corrected chi connectivity index (χ4v) is 2.21. The van der Waals surface area contributed by atoms with Crippen LogP contribution in [-0.2, 0) is 17.8 Å². The minimum absolute atomic E-state index is 0.349. The fraction of sp³-hybridized carbons (Fsp3) is 0.471. The van der Waals surface area contributed by atoms with Crippen molar-refractivity contribution in [3.8, 4) is 5.88 Å². The molecule has 0 bridgehead atoms. The predicted octanol–water partition coefficient (Wildman–Crippen LogP) is 3.48. The largest absolute Gasteiger partial charge is 0.473 e. The summed E-state index contributed by atoms with van der Waals surface area (Å²) in [7, 11) is 1.33.